The highest BCUT2D eigenvalue weighted by atomic mass is 35.5. The number of benzene rings is 1. The number of halogens is 2. The first-order valence-electron chi connectivity index (χ1n) is 16.2. The quantitative estimate of drug-likeness (QED) is 0.0959. The smallest absolute Gasteiger partial charge is 0.345 e. The van der Waals surface area contributed by atoms with E-state index in [-0.39, 0.29) is 17.8 Å². The summed E-state index contributed by atoms with van der Waals surface area (Å²) < 4.78 is 12.2. The SMILES string of the molecule is CC/C(=N\C(=O)Nc1ccc(C(=O)C2(C)CC2)c(-c2cncnc2)c1)C(CC)OCc1c(C2=C(Cl)CCC=C2Cl)noc1C1CC1.NS. The second-order valence-electron chi connectivity index (χ2n) is 12.4. The number of nitrogens with one attached hydrogen (secondary N) is 1. The molecule has 3 aliphatic rings. The number of carbonyl (C=O) groups excluding carboxylic acids is 2. The Morgan fingerprint density at radius 2 is 1.92 bits per heavy atom. The molecule has 3 aliphatic carbocycles. The normalized spacial score (nSPS) is 17.6. The molecule has 13 heteroatoms. The molecule has 48 heavy (non-hydrogen) atoms. The summed E-state index contributed by atoms with van der Waals surface area (Å²) in [6.45, 7) is 6.14. The highest BCUT2D eigenvalue weighted by Gasteiger charge is 2.45. The number of ether oxygens (including phenoxy) is 1. The van der Waals surface area contributed by atoms with Crippen molar-refractivity contribution in [2.45, 2.75) is 90.8 Å². The van der Waals surface area contributed by atoms with Crippen molar-refractivity contribution in [3.8, 4) is 11.1 Å². The molecule has 2 heterocycles. The molecule has 0 bridgehead atoms. The van der Waals surface area contributed by atoms with E-state index in [1.54, 1.807) is 30.6 Å². The fourth-order valence-electron chi connectivity index (χ4n) is 5.78. The molecule has 0 spiro atoms. The number of hydrogen-bond donors (Lipinski definition) is 3. The van der Waals surface area contributed by atoms with Crippen molar-refractivity contribution in [2.75, 3.05) is 5.32 Å². The van der Waals surface area contributed by atoms with Gasteiger partial charge in [0.05, 0.1) is 18.4 Å². The lowest BCUT2D eigenvalue weighted by Crippen LogP contribution is -2.25. The maximum Gasteiger partial charge on any atom is 0.345 e. The van der Waals surface area contributed by atoms with Crippen LogP contribution in [0, 0.1) is 5.41 Å². The lowest BCUT2D eigenvalue weighted by atomic mass is 9.90. The Hall–Kier alpha value is -3.35. The van der Waals surface area contributed by atoms with Gasteiger partial charge in [0.25, 0.3) is 0 Å². The Balaban J connectivity index is 0.00000221. The highest BCUT2D eigenvalue weighted by Crippen LogP contribution is 2.49. The summed E-state index contributed by atoms with van der Waals surface area (Å²) in [4.78, 5) is 39.2. The second kappa shape index (κ2) is 15.9. The summed E-state index contributed by atoms with van der Waals surface area (Å²) in [6, 6.07) is 4.75. The van der Waals surface area contributed by atoms with Gasteiger partial charge in [0, 0.05) is 61.7 Å². The molecule has 1 atom stereocenters. The Kier molecular flexibility index (Phi) is 11.9. The summed E-state index contributed by atoms with van der Waals surface area (Å²) in [5.74, 6) is 1.19. The maximum absolute atomic E-state index is 13.3. The highest BCUT2D eigenvalue weighted by molar-refractivity contribution is 7.77. The Morgan fingerprint density at radius 3 is 2.54 bits per heavy atom. The van der Waals surface area contributed by atoms with Crippen molar-refractivity contribution in [3.63, 3.8) is 0 Å². The third-order valence-electron chi connectivity index (χ3n) is 8.91. The number of allylic oxidation sites excluding steroid dienone is 4. The lowest BCUT2D eigenvalue weighted by Gasteiger charge is -2.19. The molecule has 10 nitrogen and oxygen atoms in total. The Labute approximate surface area is 296 Å². The molecule has 254 valence electrons. The van der Waals surface area contributed by atoms with Gasteiger partial charge in [-0.2, -0.15) is 0 Å². The number of hydrogen-bond acceptors (Lipinski definition) is 9. The molecule has 1 unspecified atom stereocenters. The van der Waals surface area contributed by atoms with E-state index in [9.17, 15) is 9.59 Å². The van der Waals surface area contributed by atoms with E-state index in [1.165, 1.54) is 6.33 Å². The summed E-state index contributed by atoms with van der Waals surface area (Å²) in [7, 11) is 0. The van der Waals surface area contributed by atoms with E-state index in [0.29, 0.717) is 74.6 Å². The summed E-state index contributed by atoms with van der Waals surface area (Å²) in [5.41, 5.74) is 4.90. The number of rotatable bonds is 12. The van der Waals surface area contributed by atoms with Crippen LogP contribution in [-0.2, 0) is 11.3 Å². The van der Waals surface area contributed by atoms with Crippen LogP contribution in [0.25, 0.3) is 16.7 Å². The third-order valence-corrected chi connectivity index (χ3v) is 9.64. The van der Waals surface area contributed by atoms with E-state index in [1.807, 2.05) is 26.8 Å². The van der Waals surface area contributed by atoms with Gasteiger partial charge in [0.2, 0.25) is 0 Å². The number of Topliss-reactive ketones (excluding diaryl/α,β-unsaturated/α-hetero) is 1. The van der Waals surface area contributed by atoms with Gasteiger partial charge in [-0.25, -0.2) is 19.8 Å². The predicted molar refractivity (Wildman–Crippen MR) is 192 cm³/mol. The van der Waals surface area contributed by atoms with Gasteiger partial charge >= 0.3 is 6.03 Å². The molecule has 0 radical (unpaired) electrons. The van der Waals surface area contributed by atoms with Crippen LogP contribution in [0.2, 0.25) is 0 Å². The van der Waals surface area contributed by atoms with E-state index in [4.69, 9.17) is 32.5 Å². The largest absolute Gasteiger partial charge is 0.367 e. The Bertz CT molecular complexity index is 1750. The third kappa shape index (κ3) is 8.09. The van der Waals surface area contributed by atoms with Crippen LogP contribution >= 0.6 is 36.0 Å². The number of aromatic nitrogens is 3. The Morgan fingerprint density at radius 1 is 1.19 bits per heavy atom. The molecule has 2 amide bonds. The van der Waals surface area contributed by atoms with Crippen LogP contribution in [0.15, 0.2) is 62.6 Å². The van der Waals surface area contributed by atoms with Crippen LogP contribution in [0.1, 0.15) is 105 Å². The average Bonchev–Trinajstić information content (AvgIpc) is 4.04. The minimum absolute atomic E-state index is 0.0830. The minimum Gasteiger partial charge on any atom is -0.367 e. The molecule has 3 aromatic rings. The molecule has 2 aromatic heterocycles. The van der Waals surface area contributed by atoms with E-state index in [0.717, 1.165) is 43.4 Å². The molecule has 3 N–H and O–H groups in total. The van der Waals surface area contributed by atoms with Crippen molar-refractivity contribution in [1.29, 1.82) is 0 Å². The number of nitrogens with zero attached hydrogens (tertiary/aromatic N) is 4. The summed E-state index contributed by atoms with van der Waals surface area (Å²) in [5, 5.41) is 12.7. The van der Waals surface area contributed by atoms with Gasteiger partial charge in [0.15, 0.2) is 5.78 Å². The molecular formula is C35H40Cl2N6O4S. The fraction of sp³-hybridized carbons (Fsp3) is 0.429. The van der Waals surface area contributed by atoms with Gasteiger partial charge < -0.3 is 14.6 Å². The fourth-order valence-corrected chi connectivity index (χ4v) is 6.44. The zero-order valence-electron chi connectivity index (χ0n) is 27.3. The first kappa shape index (κ1) is 35.9. The van der Waals surface area contributed by atoms with Crippen LogP contribution < -0.4 is 10.5 Å². The van der Waals surface area contributed by atoms with Crippen LogP contribution in [0.4, 0.5) is 10.5 Å². The molecular weight excluding hydrogens is 671 g/mol. The van der Waals surface area contributed by atoms with Gasteiger partial charge in [-0.05, 0) is 75.1 Å². The first-order chi connectivity index (χ1) is 23.2. The van der Waals surface area contributed by atoms with Gasteiger partial charge in [0.1, 0.15) is 17.8 Å². The number of aliphatic imine (C=N–C) groups is 1. The molecule has 2 saturated carbocycles. The van der Waals surface area contributed by atoms with Crippen LogP contribution in [-0.4, -0.2) is 38.8 Å². The number of nitrogens with two attached hydrogens (primary N) is 1. The van der Waals surface area contributed by atoms with E-state index < -0.39 is 12.1 Å². The topological polar surface area (TPSA) is 146 Å². The summed E-state index contributed by atoms with van der Waals surface area (Å²) >= 11 is 16.2. The molecule has 1 aromatic carbocycles. The van der Waals surface area contributed by atoms with Crippen molar-refractivity contribution >= 4 is 64.8 Å². The number of ketones is 1. The zero-order valence-corrected chi connectivity index (χ0v) is 29.7. The lowest BCUT2D eigenvalue weighted by molar-refractivity contribution is 0.0798. The van der Waals surface area contributed by atoms with Gasteiger partial charge in [-0.1, -0.05) is 55.2 Å². The number of anilines is 1. The van der Waals surface area contributed by atoms with Gasteiger partial charge in [-0.15, -0.1) is 12.8 Å². The molecule has 0 aliphatic heterocycles. The van der Waals surface area contributed by atoms with Gasteiger partial charge in [-0.3, -0.25) is 9.93 Å². The number of amides is 2. The summed E-state index contributed by atoms with van der Waals surface area (Å²) in [6.07, 6.45) is 12.7. The van der Waals surface area contributed by atoms with Crippen molar-refractivity contribution in [1.82, 2.24) is 15.1 Å². The standard InChI is InChI=1S/C35H37Cl2N5O4.H3NS/c1-4-28(29(5-2)45-18-25-31(42-46-32(25)20-9-10-20)30-26(36)7-6-8-27(30)37)41-34(44)40-22-11-12-23(33(43)35(3)13-14-35)24(15-22)21-16-38-19-39-17-21;1-2/h7,11-12,15-17,19-20,29H,4-6,8-10,13-14,18H2,1-3H3,(H,40,44);2H,1H2/b41-28+;. The van der Waals surface area contributed by atoms with Crippen molar-refractivity contribution in [3.05, 3.63) is 75.6 Å². The maximum atomic E-state index is 13.3. The number of carbonyl (C=O) groups is 2. The molecule has 6 rings (SSSR count). The first-order valence-corrected chi connectivity index (χ1v) is 17.4. The minimum atomic E-state index is -0.525. The van der Waals surface area contributed by atoms with Crippen molar-refractivity contribution < 1.29 is 18.8 Å². The predicted octanol–water partition coefficient (Wildman–Crippen LogP) is 9.03. The van der Waals surface area contributed by atoms with Crippen LogP contribution in [0.5, 0.6) is 0 Å². The monoisotopic (exact) mass is 710 g/mol. The molecule has 2 fully saturated rings. The molecule has 0 saturated heterocycles. The second-order valence-corrected chi connectivity index (χ2v) is 13.3. The van der Waals surface area contributed by atoms with E-state index in [2.05, 4.69) is 43.4 Å². The number of urea groups is 1. The van der Waals surface area contributed by atoms with Crippen molar-refractivity contribution in [2.24, 2.45) is 15.5 Å². The number of thiol groups is 1. The average molecular weight is 712 g/mol. The zero-order chi connectivity index (χ0) is 34.4. The van der Waals surface area contributed by atoms with E-state index >= 15 is 0 Å². The van der Waals surface area contributed by atoms with Crippen LogP contribution in [0.3, 0.4) is 0 Å².